The first-order chi connectivity index (χ1) is 9.76. The second kappa shape index (κ2) is 7.06. The maximum Gasteiger partial charge on any atom is 0.227 e. The lowest BCUT2D eigenvalue weighted by molar-refractivity contribution is -0.130. The van der Waals surface area contributed by atoms with Crippen LogP contribution < -0.4 is 0 Å². The summed E-state index contributed by atoms with van der Waals surface area (Å²) in [6.07, 6.45) is 1.05. The zero-order chi connectivity index (χ0) is 14.4. The lowest BCUT2D eigenvalue weighted by Gasteiger charge is -2.20. The molecule has 1 N–H and O–H groups in total. The maximum atomic E-state index is 12.3. The molecule has 3 heteroatoms. The van der Waals surface area contributed by atoms with Gasteiger partial charge < -0.3 is 10.0 Å². The summed E-state index contributed by atoms with van der Waals surface area (Å²) < 4.78 is 0. The van der Waals surface area contributed by atoms with Gasteiger partial charge in [0.1, 0.15) is 0 Å². The number of aliphatic hydroxyl groups is 1. The normalized spacial score (nSPS) is 10.7. The zero-order valence-corrected chi connectivity index (χ0v) is 11.9. The number of fused-ring (bicyclic) bond motifs is 1. The number of amides is 1. The topological polar surface area (TPSA) is 40.5 Å². The molecule has 0 aliphatic rings. The summed E-state index contributed by atoms with van der Waals surface area (Å²) in [7, 11) is 0. The highest BCUT2D eigenvalue weighted by atomic mass is 16.3. The molecule has 2 rings (SSSR count). The average Bonchev–Trinajstić information content (AvgIpc) is 2.48. The van der Waals surface area contributed by atoms with E-state index in [1.54, 1.807) is 4.90 Å². The highest BCUT2D eigenvalue weighted by molar-refractivity contribution is 5.90. The van der Waals surface area contributed by atoms with Crippen molar-refractivity contribution in [2.75, 3.05) is 19.7 Å². The molecule has 2 aromatic carbocycles. The Balaban J connectivity index is 2.17. The summed E-state index contributed by atoms with van der Waals surface area (Å²) in [6, 6.07) is 14.2. The molecule has 0 unspecified atom stereocenters. The van der Waals surface area contributed by atoms with Gasteiger partial charge in [-0.1, -0.05) is 42.5 Å². The third-order valence-corrected chi connectivity index (χ3v) is 3.54. The number of rotatable bonds is 6. The molecule has 20 heavy (non-hydrogen) atoms. The van der Waals surface area contributed by atoms with E-state index in [4.69, 9.17) is 5.11 Å². The van der Waals surface area contributed by atoms with Gasteiger partial charge in [-0.3, -0.25) is 4.79 Å². The molecule has 0 fully saturated rings. The minimum absolute atomic E-state index is 0.123. The number of carbonyl (C=O) groups excluding carboxylic acids is 1. The van der Waals surface area contributed by atoms with Crippen LogP contribution in [0.5, 0.6) is 0 Å². The van der Waals surface area contributed by atoms with Crippen LogP contribution in [0.3, 0.4) is 0 Å². The Morgan fingerprint density at radius 1 is 1.15 bits per heavy atom. The van der Waals surface area contributed by atoms with Gasteiger partial charge >= 0.3 is 0 Å². The molecule has 3 nitrogen and oxygen atoms in total. The number of aliphatic hydroxyl groups excluding tert-OH is 1. The van der Waals surface area contributed by atoms with Crippen LogP contribution in [0.15, 0.2) is 42.5 Å². The van der Waals surface area contributed by atoms with Crippen molar-refractivity contribution in [3.63, 3.8) is 0 Å². The van der Waals surface area contributed by atoms with Crippen molar-refractivity contribution < 1.29 is 9.90 Å². The van der Waals surface area contributed by atoms with Gasteiger partial charge in [-0.15, -0.1) is 0 Å². The van der Waals surface area contributed by atoms with Crippen molar-refractivity contribution in [3.05, 3.63) is 48.0 Å². The molecule has 1 amide bonds. The quantitative estimate of drug-likeness (QED) is 0.877. The van der Waals surface area contributed by atoms with Crippen molar-refractivity contribution in [1.82, 2.24) is 4.90 Å². The van der Waals surface area contributed by atoms with Gasteiger partial charge in [0.15, 0.2) is 0 Å². The van der Waals surface area contributed by atoms with E-state index in [-0.39, 0.29) is 12.5 Å². The molecular weight excluding hydrogens is 250 g/mol. The molecule has 0 heterocycles. The highest BCUT2D eigenvalue weighted by Gasteiger charge is 2.13. The van der Waals surface area contributed by atoms with Crippen molar-refractivity contribution in [1.29, 1.82) is 0 Å². The summed E-state index contributed by atoms with van der Waals surface area (Å²) in [5.74, 6) is 0.123. The highest BCUT2D eigenvalue weighted by Crippen LogP contribution is 2.19. The molecule has 0 saturated carbocycles. The molecular formula is C17H21NO2. The van der Waals surface area contributed by atoms with Crippen LogP contribution in [0.1, 0.15) is 18.9 Å². The van der Waals surface area contributed by atoms with Gasteiger partial charge in [-0.05, 0) is 29.7 Å². The molecule has 106 valence electrons. The molecule has 0 aliphatic carbocycles. The van der Waals surface area contributed by atoms with E-state index in [2.05, 4.69) is 18.2 Å². The van der Waals surface area contributed by atoms with Gasteiger partial charge in [-0.2, -0.15) is 0 Å². The molecule has 0 radical (unpaired) electrons. The van der Waals surface area contributed by atoms with Crippen LogP contribution >= 0.6 is 0 Å². The number of benzene rings is 2. The summed E-state index contributed by atoms with van der Waals surface area (Å²) in [5, 5.41) is 11.2. The molecule has 0 atom stereocenters. The summed E-state index contributed by atoms with van der Waals surface area (Å²) in [5.41, 5.74) is 1.07. The number of nitrogens with zero attached hydrogens (tertiary/aromatic N) is 1. The Hall–Kier alpha value is -1.87. The third kappa shape index (κ3) is 3.36. The fourth-order valence-corrected chi connectivity index (χ4v) is 2.44. The predicted octanol–water partition coefficient (Wildman–Crippen LogP) is 2.61. The van der Waals surface area contributed by atoms with E-state index in [0.29, 0.717) is 25.9 Å². The fraction of sp³-hybridized carbons (Fsp3) is 0.353. The monoisotopic (exact) mass is 271 g/mol. The number of hydrogen-bond donors (Lipinski definition) is 1. The van der Waals surface area contributed by atoms with Crippen LogP contribution in [0, 0.1) is 0 Å². The van der Waals surface area contributed by atoms with Crippen LogP contribution in [0.4, 0.5) is 0 Å². The van der Waals surface area contributed by atoms with Gasteiger partial charge in [0, 0.05) is 19.7 Å². The zero-order valence-electron chi connectivity index (χ0n) is 11.9. The summed E-state index contributed by atoms with van der Waals surface area (Å²) in [4.78, 5) is 14.1. The molecule has 0 saturated heterocycles. The van der Waals surface area contributed by atoms with E-state index in [9.17, 15) is 4.79 Å². The van der Waals surface area contributed by atoms with Crippen LogP contribution in [0.25, 0.3) is 10.8 Å². The van der Waals surface area contributed by atoms with Gasteiger partial charge in [-0.25, -0.2) is 0 Å². The lowest BCUT2D eigenvalue weighted by Crippen LogP contribution is -2.33. The van der Waals surface area contributed by atoms with Crippen molar-refractivity contribution in [2.24, 2.45) is 0 Å². The Kier molecular flexibility index (Phi) is 5.13. The maximum absolute atomic E-state index is 12.3. The van der Waals surface area contributed by atoms with Gasteiger partial charge in [0.05, 0.1) is 6.42 Å². The minimum Gasteiger partial charge on any atom is -0.396 e. The van der Waals surface area contributed by atoms with Crippen molar-refractivity contribution >= 4 is 16.7 Å². The second-order valence-electron chi connectivity index (χ2n) is 4.87. The van der Waals surface area contributed by atoms with Crippen molar-refractivity contribution in [3.8, 4) is 0 Å². The molecule has 0 aliphatic heterocycles. The lowest BCUT2D eigenvalue weighted by atomic mass is 10.0. The molecule has 0 bridgehead atoms. The first-order valence-electron chi connectivity index (χ1n) is 7.11. The summed E-state index contributed by atoms with van der Waals surface area (Å²) in [6.45, 7) is 3.40. The minimum atomic E-state index is 0.123. The smallest absolute Gasteiger partial charge is 0.227 e. The van der Waals surface area contributed by atoms with Gasteiger partial charge in [0.2, 0.25) is 5.91 Å². The number of carbonyl (C=O) groups is 1. The molecule has 0 spiro atoms. The molecule has 2 aromatic rings. The second-order valence-corrected chi connectivity index (χ2v) is 4.87. The van der Waals surface area contributed by atoms with Crippen LogP contribution in [-0.2, 0) is 11.2 Å². The van der Waals surface area contributed by atoms with E-state index in [0.717, 1.165) is 16.3 Å². The predicted molar refractivity (Wildman–Crippen MR) is 81.6 cm³/mol. The van der Waals surface area contributed by atoms with E-state index < -0.39 is 0 Å². The van der Waals surface area contributed by atoms with E-state index in [1.807, 2.05) is 31.2 Å². The first kappa shape index (κ1) is 14.5. The Bertz CT molecular complexity index is 575. The number of likely N-dealkylation sites (N-methyl/N-ethyl adjacent to an activating group) is 1. The average molecular weight is 271 g/mol. The SMILES string of the molecule is CCN(CCCO)C(=O)Cc1cccc2ccccc12. The van der Waals surface area contributed by atoms with Crippen LogP contribution in [-0.4, -0.2) is 35.6 Å². The fourth-order valence-electron chi connectivity index (χ4n) is 2.44. The third-order valence-electron chi connectivity index (χ3n) is 3.54. The standard InChI is InChI=1S/C17H21NO2/c1-2-18(11-6-12-19)17(20)13-15-9-5-8-14-7-3-4-10-16(14)15/h3-5,7-10,19H,2,6,11-13H2,1H3. The Morgan fingerprint density at radius 2 is 1.90 bits per heavy atom. The Labute approximate surface area is 119 Å². The molecule has 0 aromatic heterocycles. The summed E-state index contributed by atoms with van der Waals surface area (Å²) >= 11 is 0. The van der Waals surface area contributed by atoms with Gasteiger partial charge in [0.25, 0.3) is 0 Å². The van der Waals surface area contributed by atoms with E-state index in [1.165, 1.54) is 0 Å². The van der Waals surface area contributed by atoms with Crippen molar-refractivity contribution in [2.45, 2.75) is 19.8 Å². The number of hydrogen-bond acceptors (Lipinski definition) is 2. The first-order valence-corrected chi connectivity index (χ1v) is 7.11. The van der Waals surface area contributed by atoms with Crippen LogP contribution in [0.2, 0.25) is 0 Å². The Morgan fingerprint density at radius 3 is 2.65 bits per heavy atom. The largest absolute Gasteiger partial charge is 0.396 e. The van der Waals surface area contributed by atoms with E-state index >= 15 is 0 Å².